The standard InChI is InChI=1S/C23H21FN4O/c1-28-21-11-3-2-10-20(21)27-22(28)13-12-16-6-4-8-18(14-16)25-23(29)26-19-9-5-7-17(24)15-19/h2-11,14-15H,12-13H2,1H3,(H2,25,26,29). The first-order valence-corrected chi connectivity index (χ1v) is 9.41. The summed E-state index contributed by atoms with van der Waals surface area (Å²) in [7, 11) is 2.03. The highest BCUT2D eigenvalue weighted by Crippen LogP contribution is 2.18. The molecule has 4 rings (SSSR count). The van der Waals surface area contributed by atoms with Crippen LogP contribution in [-0.4, -0.2) is 15.6 Å². The molecule has 0 saturated carbocycles. The highest BCUT2D eigenvalue weighted by atomic mass is 19.1. The number of rotatable bonds is 5. The molecule has 1 heterocycles. The van der Waals surface area contributed by atoms with Crippen LogP contribution in [0.5, 0.6) is 0 Å². The number of carbonyl (C=O) groups excluding carboxylic acids is 1. The van der Waals surface area contributed by atoms with Crippen LogP contribution in [-0.2, 0) is 19.9 Å². The fraction of sp³-hybridized carbons (Fsp3) is 0.130. The van der Waals surface area contributed by atoms with Crippen LogP contribution in [0.15, 0.2) is 72.8 Å². The summed E-state index contributed by atoms with van der Waals surface area (Å²) in [5.74, 6) is 0.625. The van der Waals surface area contributed by atoms with Gasteiger partial charge in [-0.25, -0.2) is 14.2 Å². The van der Waals surface area contributed by atoms with E-state index in [-0.39, 0.29) is 0 Å². The molecule has 0 bridgehead atoms. The molecule has 2 N–H and O–H groups in total. The predicted octanol–water partition coefficient (Wildman–Crippen LogP) is 5.14. The van der Waals surface area contributed by atoms with Crippen LogP contribution < -0.4 is 10.6 Å². The second kappa shape index (κ2) is 8.14. The van der Waals surface area contributed by atoms with Crippen LogP contribution in [0.4, 0.5) is 20.6 Å². The van der Waals surface area contributed by atoms with Gasteiger partial charge in [-0.3, -0.25) is 0 Å². The smallest absolute Gasteiger partial charge is 0.323 e. The molecule has 146 valence electrons. The van der Waals surface area contributed by atoms with Gasteiger partial charge in [-0.05, 0) is 54.4 Å². The lowest BCUT2D eigenvalue weighted by molar-refractivity contribution is 0.262. The molecule has 0 fully saturated rings. The first-order chi connectivity index (χ1) is 14.1. The zero-order valence-electron chi connectivity index (χ0n) is 16.0. The second-order valence-corrected chi connectivity index (χ2v) is 6.87. The van der Waals surface area contributed by atoms with Gasteiger partial charge in [0.1, 0.15) is 11.6 Å². The summed E-state index contributed by atoms with van der Waals surface area (Å²) < 4.78 is 15.4. The minimum Gasteiger partial charge on any atom is -0.331 e. The maximum absolute atomic E-state index is 13.2. The Bertz CT molecular complexity index is 1170. The fourth-order valence-electron chi connectivity index (χ4n) is 3.34. The number of halogens is 1. The minimum atomic E-state index is -0.414. The Morgan fingerprint density at radius 3 is 2.41 bits per heavy atom. The number of carbonyl (C=O) groups is 1. The molecule has 0 unspecified atom stereocenters. The van der Waals surface area contributed by atoms with Gasteiger partial charge in [0.05, 0.1) is 11.0 Å². The molecular weight excluding hydrogens is 367 g/mol. The van der Waals surface area contributed by atoms with Crippen molar-refractivity contribution >= 4 is 28.4 Å². The number of aromatic nitrogens is 2. The Hall–Kier alpha value is -3.67. The zero-order valence-corrected chi connectivity index (χ0v) is 16.0. The van der Waals surface area contributed by atoms with Crippen molar-refractivity contribution in [3.63, 3.8) is 0 Å². The predicted molar refractivity (Wildman–Crippen MR) is 114 cm³/mol. The molecule has 5 nitrogen and oxygen atoms in total. The van der Waals surface area contributed by atoms with E-state index in [2.05, 4.69) is 21.3 Å². The molecule has 0 spiro atoms. The Labute approximate surface area is 168 Å². The largest absolute Gasteiger partial charge is 0.331 e. The number of anilines is 2. The summed E-state index contributed by atoms with van der Waals surface area (Å²) in [6.07, 6.45) is 1.60. The number of amides is 2. The SMILES string of the molecule is Cn1c(CCc2cccc(NC(=O)Nc3cccc(F)c3)c2)nc2ccccc21. The van der Waals surface area contributed by atoms with E-state index in [1.165, 1.54) is 12.1 Å². The molecule has 0 aliphatic carbocycles. The zero-order chi connectivity index (χ0) is 20.2. The number of nitrogens with zero attached hydrogens (tertiary/aromatic N) is 2. The van der Waals surface area contributed by atoms with Gasteiger partial charge >= 0.3 is 6.03 Å². The summed E-state index contributed by atoms with van der Waals surface area (Å²) in [6.45, 7) is 0. The molecule has 0 aliphatic rings. The van der Waals surface area contributed by atoms with Gasteiger partial charge in [-0.2, -0.15) is 0 Å². The van der Waals surface area contributed by atoms with Crippen LogP contribution in [0.3, 0.4) is 0 Å². The van der Waals surface area contributed by atoms with E-state index in [0.717, 1.165) is 35.3 Å². The number of para-hydroxylation sites is 2. The Kier molecular flexibility index (Phi) is 5.24. The highest BCUT2D eigenvalue weighted by molar-refractivity contribution is 5.99. The topological polar surface area (TPSA) is 59.0 Å². The monoisotopic (exact) mass is 388 g/mol. The third-order valence-corrected chi connectivity index (χ3v) is 4.78. The van der Waals surface area contributed by atoms with E-state index in [4.69, 9.17) is 4.98 Å². The summed E-state index contributed by atoms with van der Waals surface area (Å²) in [5, 5.41) is 5.42. The number of imidazole rings is 1. The first-order valence-electron chi connectivity index (χ1n) is 9.41. The van der Waals surface area contributed by atoms with Crippen molar-refractivity contribution < 1.29 is 9.18 Å². The van der Waals surface area contributed by atoms with Gasteiger partial charge in [0.2, 0.25) is 0 Å². The minimum absolute atomic E-state index is 0.397. The fourth-order valence-corrected chi connectivity index (χ4v) is 3.34. The van der Waals surface area contributed by atoms with Crippen LogP contribution in [0.25, 0.3) is 11.0 Å². The molecule has 6 heteroatoms. The molecule has 29 heavy (non-hydrogen) atoms. The first kappa shape index (κ1) is 18.7. The van der Waals surface area contributed by atoms with Crippen molar-refractivity contribution in [2.24, 2.45) is 7.05 Å². The van der Waals surface area contributed by atoms with Gasteiger partial charge in [0, 0.05) is 24.8 Å². The normalized spacial score (nSPS) is 10.8. The van der Waals surface area contributed by atoms with Gasteiger partial charge in [-0.1, -0.05) is 30.3 Å². The number of fused-ring (bicyclic) bond motifs is 1. The van der Waals surface area contributed by atoms with E-state index in [9.17, 15) is 9.18 Å². The number of hydrogen-bond acceptors (Lipinski definition) is 2. The maximum atomic E-state index is 13.2. The van der Waals surface area contributed by atoms with E-state index >= 15 is 0 Å². The average molecular weight is 388 g/mol. The van der Waals surface area contributed by atoms with Crippen LogP contribution in [0.1, 0.15) is 11.4 Å². The van der Waals surface area contributed by atoms with Crippen LogP contribution in [0, 0.1) is 5.82 Å². The quantitative estimate of drug-likeness (QED) is 0.497. The van der Waals surface area contributed by atoms with Crippen molar-refractivity contribution in [2.45, 2.75) is 12.8 Å². The van der Waals surface area contributed by atoms with Gasteiger partial charge in [0.15, 0.2) is 0 Å². The number of aryl methyl sites for hydroxylation is 3. The third-order valence-electron chi connectivity index (χ3n) is 4.78. The third kappa shape index (κ3) is 4.43. The molecule has 0 atom stereocenters. The lowest BCUT2D eigenvalue weighted by atomic mass is 10.1. The lowest BCUT2D eigenvalue weighted by Crippen LogP contribution is -2.19. The second-order valence-electron chi connectivity index (χ2n) is 6.87. The van der Waals surface area contributed by atoms with Crippen molar-refractivity contribution in [2.75, 3.05) is 10.6 Å². The maximum Gasteiger partial charge on any atom is 0.323 e. The molecule has 3 aromatic carbocycles. The molecule has 1 aromatic heterocycles. The number of urea groups is 1. The van der Waals surface area contributed by atoms with Crippen LogP contribution >= 0.6 is 0 Å². The van der Waals surface area contributed by atoms with Crippen molar-refractivity contribution in [3.05, 3.63) is 90.0 Å². The summed E-state index contributed by atoms with van der Waals surface area (Å²) in [5.41, 5.74) is 4.30. The molecule has 0 aliphatic heterocycles. The molecule has 0 saturated heterocycles. The molecular formula is C23H21FN4O. The Morgan fingerprint density at radius 2 is 1.66 bits per heavy atom. The number of hydrogen-bond donors (Lipinski definition) is 2. The number of nitrogens with one attached hydrogen (secondary N) is 2. The summed E-state index contributed by atoms with van der Waals surface area (Å²) >= 11 is 0. The highest BCUT2D eigenvalue weighted by Gasteiger charge is 2.08. The van der Waals surface area contributed by atoms with E-state index < -0.39 is 11.8 Å². The molecule has 2 amide bonds. The lowest BCUT2D eigenvalue weighted by Gasteiger charge is -2.09. The van der Waals surface area contributed by atoms with Crippen molar-refractivity contribution in [3.8, 4) is 0 Å². The summed E-state index contributed by atoms with van der Waals surface area (Å²) in [6, 6.07) is 21.1. The van der Waals surface area contributed by atoms with E-state index in [1.807, 2.05) is 49.5 Å². The van der Waals surface area contributed by atoms with Crippen molar-refractivity contribution in [1.82, 2.24) is 9.55 Å². The van der Waals surface area contributed by atoms with Gasteiger partial charge in [-0.15, -0.1) is 0 Å². The number of benzene rings is 3. The van der Waals surface area contributed by atoms with Crippen molar-refractivity contribution in [1.29, 1.82) is 0 Å². The molecule has 4 aromatic rings. The Balaban J connectivity index is 1.40. The van der Waals surface area contributed by atoms with E-state index in [1.54, 1.807) is 12.1 Å². The van der Waals surface area contributed by atoms with Gasteiger partial charge < -0.3 is 15.2 Å². The molecule has 0 radical (unpaired) electrons. The van der Waals surface area contributed by atoms with Gasteiger partial charge in [0.25, 0.3) is 0 Å². The van der Waals surface area contributed by atoms with E-state index in [0.29, 0.717) is 11.4 Å². The Morgan fingerprint density at radius 1 is 0.931 bits per heavy atom. The summed E-state index contributed by atoms with van der Waals surface area (Å²) in [4.78, 5) is 16.9. The average Bonchev–Trinajstić information content (AvgIpc) is 3.03. The van der Waals surface area contributed by atoms with Crippen LogP contribution in [0.2, 0.25) is 0 Å².